The number of halogens is 2. The van der Waals surface area contributed by atoms with Gasteiger partial charge in [0.15, 0.2) is 0 Å². The summed E-state index contributed by atoms with van der Waals surface area (Å²) < 4.78 is 33.0. The molecule has 108 valence electrons. The fourth-order valence-corrected chi connectivity index (χ4v) is 2.37. The first-order valence-corrected chi connectivity index (χ1v) is 6.49. The molecule has 0 bridgehead atoms. The van der Waals surface area contributed by atoms with E-state index >= 15 is 0 Å². The van der Waals surface area contributed by atoms with Gasteiger partial charge in [0.1, 0.15) is 29.0 Å². The number of aryl methyl sites for hydroxylation is 1. The van der Waals surface area contributed by atoms with Crippen molar-refractivity contribution in [3.05, 3.63) is 71.0 Å². The van der Waals surface area contributed by atoms with E-state index in [-0.39, 0.29) is 11.6 Å². The van der Waals surface area contributed by atoms with Gasteiger partial charge < -0.3 is 4.42 Å². The van der Waals surface area contributed by atoms with Gasteiger partial charge in [0, 0.05) is 10.9 Å². The minimum Gasteiger partial charge on any atom is -0.459 e. The van der Waals surface area contributed by atoms with Gasteiger partial charge in [0.2, 0.25) is 0 Å². The van der Waals surface area contributed by atoms with Crippen LogP contribution in [0.4, 0.5) is 8.78 Å². The van der Waals surface area contributed by atoms with Gasteiger partial charge in [-0.25, -0.2) is 14.2 Å². The van der Waals surface area contributed by atoms with Crippen molar-refractivity contribution in [3.8, 4) is 0 Å². The zero-order valence-electron chi connectivity index (χ0n) is 11.4. The molecule has 0 spiro atoms. The van der Waals surface area contributed by atoms with Crippen molar-refractivity contribution in [2.75, 3.05) is 0 Å². The summed E-state index contributed by atoms with van der Waals surface area (Å²) in [5, 5.41) is 0.609. The molecule has 0 aliphatic rings. The molecule has 0 saturated heterocycles. The number of furan rings is 1. The Morgan fingerprint density at radius 3 is 2.62 bits per heavy atom. The van der Waals surface area contributed by atoms with Crippen LogP contribution in [0.3, 0.4) is 0 Å². The zero-order chi connectivity index (χ0) is 15.0. The molecule has 0 saturated carbocycles. The Morgan fingerprint density at radius 2 is 1.90 bits per heavy atom. The van der Waals surface area contributed by atoms with Crippen LogP contribution in [0.25, 0.3) is 11.0 Å². The number of hydrogen-bond acceptors (Lipinski definition) is 3. The van der Waals surface area contributed by atoms with Crippen molar-refractivity contribution < 1.29 is 13.2 Å². The normalized spacial score (nSPS) is 12.8. The third kappa shape index (κ3) is 2.53. The Hall–Kier alpha value is -2.24. The molecule has 2 aromatic carbocycles. The second kappa shape index (κ2) is 5.27. The maximum atomic E-state index is 14.1. The molecular formula is C16H14F2N2O. The lowest BCUT2D eigenvalue weighted by molar-refractivity contribution is 0.462. The molecule has 3 aromatic rings. The van der Waals surface area contributed by atoms with Gasteiger partial charge in [0.25, 0.3) is 0 Å². The molecule has 0 amide bonds. The maximum Gasteiger partial charge on any atom is 0.134 e. The molecule has 3 N–H and O–H groups in total. The smallest absolute Gasteiger partial charge is 0.134 e. The molecule has 1 aromatic heterocycles. The molecular weight excluding hydrogens is 274 g/mol. The zero-order valence-corrected chi connectivity index (χ0v) is 11.4. The van der Waals surface area contributed by atoms with Gasteiger partial charge in [-0.2, -0.15) is 0 Å². The first kappa shape index (κ1) is 13.7. The van der Waals surface area contributed by atoms with Crippen molar-refractivity contribution in [1.29, 1.82) is 0 Å². The Kier molecular flexibility index (Phi) is 3.45. The molecule has 0 fully saturated rings. The molecule has 0 radical (unpaired) electrons. The van der Waals surface area contributed by atoms with Crippen molar-refractivity contribution >= 4 is 11.0 Å². The summed E-state index contributed by atoms with van der Waals surface area (Å²) in [6.07, 6.45) is 0. The Bertz CT molecular complexity index is 798. The molecule has 5 heteroatoms. The van der Waals surface area contributed by atoms with Gasteiger partial charge in [-0.05, 0) is 42.8 Å². The van der Waals surface area contributed by atoms with E-state index in [9.17, 15) is 8.78 Å². The Labute approximate surface area is 120 Å². The Morgan fingerprint density at radius 1 is 1.10 bits per heavy atom. The number of fused-ring (bicyclic) bond motifs is 1. The van der Waals surface area contributed by atoms with Gasteiger partial charge in [0.05, 0.1) is 0 Å². The van der Waals surface area contributed by atoms with E-state index in [2.05, 4.69) is 5.43 Å². The SMILES string of the molecule is Cc1ccc(C(NN)c2cc3cc(F)ccc3o2)c(F)c1. The fraction of sp³-hybridized carbons (Fsp3) is 0.125. The van der Waals surface area contributed by atoms with Crippen LogP contribution in [0.5, 0.6) is 0 Å². The van der Waals surface area contributed by atoms with E-state index in [4.69, 9.17) is 10.3 Å². The fourth-order valence-electron chi connectivity index (χ4n) is 2.37. The highest BCUT2D eigenvalue weighted by atomic mass is 19.1. The van der Waals surface area contributed by atoms with E-state index in [1.165, 1.54) is 24.3 Å². The minimum absolute atomic E-state index is 0.353. The highest BCUT2D eigenvalue weighted by Gasteiger charge is 2.20. The van der Waals surface area contributed by atoms with Gasteiger partial charge in [-0.1, -0.05) is 12.1 Å². The third-order valence-corrected chi connectivity index (χ3v) is 3.42. The second-order valence-corrected chi connectivity index (χ2v) is 4.96. The second-order valence-electron chi connectivity index (χ2n) is 4.96. The van der Waals surface area contributed by atoms with E-state index in [0.29, 0.717) is 22.3 Å². The van der Waals surface area contributed by atoms with Crippen LogP contribution in [-0.2, 0) is 0 Å². The molecule has 1 unspecified atom stereocenters. The summed E-state index contributed by atoms with van der Waals surface area (Å²) in [5.41, 5.74) is 4.27. The molecule has 1 heterocycles. The van der Waals surface area contributed by atoms with E-state index in [1.54, 1.807) is 18.2 Å². The van der Waals surface area contributed by atoms with E-state index in [1.807, 2.05) is 6.92 Å². The van der Waals surface area contributed by atoms with Crippen LogP contribution in [0.2, 0.25) is 0 Å². The predicted octanol–water partition coefficient (Wildman–Crippen LogP) is 3.57. The minimum atomic E-state index is -0.638. The molecule has 1 atom stereocenters. The monoisotopic (exact) mass is 288 g/mol. The number of hydrogen-bond donors (Lipinski definition) is 2. The maximum absolute atomic E-state index is 14.1. The van der Waals surface area contributed by atoms with E-state index < -0.39 is 6.04 Å². The van der Waals surface area contributed by atoms with Crippen LogP contribution in [0.15, 0.2) is 46.9 Å². The predicted molar refractivity (Wildman–Crippen MR) is 76.5 cm³/mol. The number of hydrazine groups is 1. The van der Waals surface area contributed by atoms with Gasteiger partial charge in [-0.15, -0.1) is 0 Å². The van der Waals surface area contributed by atoms with Gasteiger partial charge >= 0.3 is 0 Å². The van der Waals surface area contributed by atoms with Crippen molar-refractivity contribution in [1.82, 2.24) is 5.43 Å². The topological polar surface area (TPSA) is 51.2 Å². The van der Waals surface area contributed by atoms with Crippen LogP contribution >= 0.6 is 0 Å². The first-order valence-electron chi connectivity index (χ1n) is 6.49. The average Bonchev–Trinajstić information content (AvgIpc) is 2.84. The van der Waals surface area contributed by atoms with Crippen LogP contribution < -0.4 is 11.3 Å². The van der Waals surface area contributed by atoms with E-state index in [0.717, 1.165) is 5.56 Å². The van der Waals surface area contributed by atoms with Crippen molar-refractivity contribution in [2.24, 2.45) is 5.84 Å². The lowest BCUT2D eigenvalue weighted by Crippen LogP contribution is -2.29. The van der Waals surface area contributed by atoms with Crippen LogP contribution in [-0.4, -0.2) is 0 Å². The molecule has 3 nitrogen and oxygen atoms in total. The summed E-state index contributed by atoms with van der Waals surface area (Å²) >= 11 is 0. The van der Waals surface area contributed by atoms with Gasteiger partial charge in [-0.3, -0.25) is 5.84 Å². The highest BCUT2D eigenvalue weighted by Crippen LogP contribution is 2.29. The summed E-state index contributed by atoms with van der Waals surface area (Å²) in [5.74, 6) is 5.25. The number of rotatable bonds is 3. The highest BCUT2D eigenvalue weighted by molar-refractivity contribution is 5.78. The third-order valence-electron chi connectivity index (χ3n) is 3.42. The number of nitrogens with two attached hydrogens (primary N) is 1. The largest absolute Gasteiger partial charge is 0.459 e. The summed E-state index contributed by atoms with van der Waals surface area (Å²) in [7, 11) is 0. The lowest BCUT2D eigenvalue weighted by atomic mass is 10.0. The standard InChI is InChI=1S/C16H14F2N2O/c1-9-2-4-12(13(18)6-9)16(20-19)15-8-10-7-11(17)3-5-14(10)21-15/h2-8,16,20H,19H2,1H3. The van der Waals surface area contributed by atoms with Crippen molar-refractivity contribution in [3.63, 3.8) is 0 Å². The summed E-state index contributed by atoms with van der Waals surface area (Å²) in [6.45, 7) is 1.81. The summed E-state index contributed by atoms with van der Waals surface area (Å²) in [6, 6.07) is 10.1. The van der Waals surface area contributed by atoms with Crippen LogP contribution in [0.1, 0.15) is 22.9 Å². The Balaban J connectivity index is 2.09. The first-order chi connectivity index (χ1) is 10.1. The van der Waals surface area contributed by atoms with Crippen molar-refractivity contribution in [2.45, 2.75) is 13.0 Å². The lowest BCUT2D eigenvalue weighted by Gasteiger charge is -2.14. The quantitative estimate of drug-likeness (QED) is 0.572. The number of nitrogens with one attached hydrogen (secondary N) is 1. The molecule has 3 rings (SSSR count). The molecule has 0 aliphatic heterocycles. The summed E-state index contributed by atoms with van der Waals surface area (Å²) in [4.78, 5) is 0. The van der Waals surface area contributed by atoms with Crippen LogP contribution in [0, 0.1) is 18.6 Å². The molecule has 21 heavy (non-hydrogen) atoms. The molecule has 0 aliphatic carbocycles. The average molecular weight is 288 g/mol. The number of benzene rings is 2.